The molecule has 0 bridgehead atoms. The highest BCUT2D eigenvalue weighted by Gasteiger charge is 1.94. The number of nitrogens with two attached hydrogens (primary N) is 1. The molecule has 0 aliphatic heterocycles. The van der Waals surface area contributed by atoms with Crippen molar-refractivity contribution in [2.24, 2.45) is 5.73 Å². The smallest absolute Gasteiger partial charge is 0.322 e. The first-order chi connectivity index (χ1) is 3.66. The number of hydrogen-bond acceptors (Lipinski definition) is 3. The molecule has 0 saturated heterocycles. The Hall–Kier alpha value is -0.610. The second kappa shape index (κ2) is 3.40. The fourth-order valence-electron chi connectivity index (χ4n) is 0.295. The summed E-state index contributed by atoms with van der Waals surface area (Å²) in [5.74, 6) is -0.171. The van der Waals surface area contributed by atoms with Crippen molar-refractivity contribution in [2.75, 3.05) is 20.6 Å². The van der Waals surface area contributed by atoms with Crippen molar-refractivity contribution >= 4 is 5.91 Å². The number of hydrazine groups is 1. The minimum absolute atomic E-state index is 0. The Kier molecular flexibility index (Phi) is 3.14. The Morgan fingerprint density at radius 2 is 2.38 bits per heavy atom. The van der Waals surface area contributed by atoms with Gasteiger partial charge in [-0.2, -0.15) is 0 Å². The average Bonchev–Trinajstić information content (AvgIpc) is 1.65. The highest BCUT2D eigenvalue weighted by molar-refractivity contribution is 5.77. The van der Waals surface area contributed by atoms with Gasteiger partial charge in [-0.3, -0.25) is 10.2 Å². The van der Waals surface area contributed by atoms with E-state index in [1.54, 1.807) is 19.1 Å². The van der Waals surface area contributed by atoms with Gasteiger partial charge in [0.25, 0.3) is 0 Å². The first-order valence-electron chi connectivity index (χ1n) is 2.33. The molecular weight excluding hydrogens is 106 g/mol. The van der Waals surface area contributed by atoms with Crippen LogP contribution in [0.2, 0.25) is 0 Å². The minimum Gasteiger partial charge on any atom is -0.322 e. The van der Waals surface area contributed by atoms with Crippen molar-refractivity contribution in [1.82, 2.24) is 10.4 Å². The highest BCUT2D eigenvalue weighted by Crippen LogP contribution is 1.61. The van der Waals surface area contributed by atoms with Gasteiger partial charge in [-0.25, -0.2) is 5.01 Å². The Bertz CT molecular complexity index is 88.6. The van der Waals surface area contributed by atoms with E-state index < -0.39 is 0 Å². The normalized spacial score (nSPS) is 9.50. The third-order valence-corrected chi connectivity index (χ3v) is 0.534. The largest absolute Gasteiger partial charge is 1.00 e. The van der Waals surface area contributed by atoms with Crippen LogP contribution in [-0.2, 0) is 4.79 Å². The van der Waals surface area contributed by atoms with E-state index in [1.807, 2.05) is 0 Å². The van der Waals surface area contributed by atoms with E-state index in [1.165, 1.54) is 0 Å². The van der Waals surface area contributed by atoms with E-state index in [-0.39, 0.29) is 15.3 Å². The third kappa shape index (κ3) is 3.58. The van der Waals surface area contributed by atoms with Crippen molar-refractivity contribution in [1.29, 1.82) is 0 Å². The van der Waals surface area contributed by atoms with Crippen molar-refractivity contribution in [3.05, 3.63) is 0 Å². The molecule has 0 saturated carbocycles. The fraction of sp³-hybridized carbons (Fsp3) is 0.750. The fourth-order valence-corrected chi connectivity index (χ4v) is 0.295. The number of nitrogens with zero attached hydrogens (tertiary/aromatic N) is 1. The van der Waals surface area contributed by atoms with Gasteiger partial charge in [-0.15, -0.1) is 0 Å². The lowest BCUT2D eigenvalue weighted by atomic mass is 10.6. The molecule has 0 spiro atoms. The molecule has 0 fully saturated rings. The summed E-state index contributed by atoms with van der Waals surface area (Å²) in [7, 11) is 3.46. The van der Waals surface area contributed by atoms with Crippen LogP contribution in [0.5, 0.6) is 0 Å². The highest BCUT2D eigenvalue weighted by atomic mass is 16.2. The van der Waals surface area contributed by atoms with E-state index >= 15 is 0 Å². The third-order valence-electron chi connectivity index (χ3n) is 0.534. The van der Waals surface area contributed by atoms with Gasteiger partial charge in [0.15, 0.2) is 0 Å². The van der Waals surface area contributed by atoms with Gasteiger partial charge >= 0.3 is 2.85 Å². The molecular formula is C4H13N3O+2. The van der Waals surface area contributed by atoms with Gasteiger partial charge in [0.05, 0.1) is 6.54 Å². The predicted molar refractivity (Wildman–Crippen MR) is 33.1 cm³/mol. The molecule has 0 aliphatic rings. The molecule has 0 aromatic rings. The van der Waals surface area contributed by atoms with Crippen LogP contribution in [-0.4, -0.2) is 31.6 Å². The van der Waals surface area contributed by atoms with Gasteiger partial charge in [-0.05, 0) is 0 Å². The van der Waals surface area contributed by atoms with E-state index in [0.717, 1.165) is 0 Å². The first kappa shape index (κ1) is 7.39. The van der Waals surface area contributed by atoms with Crippen LogP contribution >= 0.6 is 0 Å². The lowest BCUT2D eigenvalue weighted by Gasteiger charge is -2.09. The predicted octanol–water partition coefficient (Wildman–Crippen LogP) is -1.24. The topological polar surface area (TPSA) is 58.4 Å². The maximum absolute atomic E-state index is 10.3. The lowest BCUT2D eigenvalue weighted by molar-refractivity contribution is -0.123. The van der Waals surface area contributed by atoms with E-state index in [4.69, 9.17) is 5.73 Å². The minimum atomic E-state index is -0.171. The lowest BCUT2D eigenvalue weighted by Crippen LogP contribution is -2.39. The molecule has 0 unspecified atom stereocenters. The molecule has 0 aliphatic carbocycles. The summed E-state index contributed by atoms with van der Waals surface area (Å²) in [6, 6.07) is 0. The molecule has 0 rings (SSSR count). The molecule has 0 atom stereocenters. The molecule has 0 aromatic carbocycles. The van der Waals surface area contributed by atoms with Crippen molar-refractivity contribution in [3.8, 4) is 0 Å². The van der Waals surface area contributed by atoms with Crippen LogP contribution in [0.15, 0.2) is 0 Å². The van der Waals surface area contributed by atoms with Crippen molar-refractivity contribution in [3.63, 3.8) is 0 Å². The molecule has 0 heterocycles. The molecule has 4 nitrogen and oxygen atoms in total. The van der Waals surface area contributed by atoms with Gasteiger partial charge in [0.1, 0.15) is 0 Å². The summed E-state index contributed by atoms with van der Waals surface area (Å²) in [4.78, 5) is 10.3. The van der Waals surface area contributed by atoms with Crippen molar-refractivity contribution < 1.29 is 7.65 Å². The number of rotatable bonds is 2. The standard InChI is InChI=1S/C4H11N3O/c1-7(2)6-4(8)3-5/h3,5H2,1-2H3,(H,6,8)/p+2. The number of amides is 1. The number of hydrogen-bond donors (Lipinski definition) is 2. The van der Waals surface area contributed by atoms with Gasteiger partial charge in [0, 0.05) is 14.1 Å². The zero-order valence-corrected chi connectivity index (χ0v) is 5.14. The zero-order valence-electron chi connectivity index (χ0n) is 7.14. The molecule has 48 valence electrons. The van der Waals surface area contributed by atoms with Crippen molar-refractivity contribution in [2.45, 2.75) is 0 Å². The van der Waals surface area contributed by atoms with E-state index in [2.05, 4.69) is 5.43 Å². The molecule has 4 heteroatoms. The molecule has 3 N–H and O–H groups in total. The Morgan fingerprint density at radius 1 is 1.88 bits per heavy atom. The zero-order chi connectivity index (χ0) is 6.57. The average molecular weight is 119 g/mol. The van der Waals surface area contributed by atoms with Crippen LogP contribution in [0.25, 0.3) is 0 Å². The summed E-state index contributed by atoms with van der Waals surface area (Å²) in [6.07, 6.45) is 0. The quantitative estimate of drug-likeness (QED) is 0.447. The molecule has 0 aromatic heterocycles. The van der Waals surface area contributed by atoms with Gasteiger partial charge in [0.2, 0.25) is 5.91 Å². The van der Waals surface area contributed by atoms with Gasteiger partial charge in [-0.1, -0.05) is 0 Å². The monoisotopic (exact) mass is 119 g/mol. The second-order valence-electron chi connectivity index (χ2n) is 1.63. The SMILES string of the molecule is CN(C)NC(=O)CN.[H+].[H+]. The van der Waals surface area contributed by atoms with Gasteiger partial charge < -0.3 is 5.73 Å². The number of carbonyl (C=O) groups is 1. The maximum Gasteiger partial charge on any atom is 1.00 e. The summed E-state index contributed by atoms with van der Waals surface area (Å²) in [5.41, 5.74) is 7.44. The second-order valence-corrected chi connectivity index (χ2v) is 1.63. The van der Waals surface area contributed by atoms with Crippen LogP contribution in [0.3, 0.4) is 0 Å². The van der Waals surface area contributed by atoms with Crippen LogP contribution in [0, 0.1) is 0 Å². The summed E-state index contributed by atoms with van der Waals surface area (Å²) >= 11 is 0. The number of carbonyl (C=O) groups excluding carboxylic acids is 1. The Morgan fingerprint density at radius 3 is 2.50 bits per heavy atom. The summed E-state index contributed by atoms with van der Waals surface area (Å²) in [5, 5.41) is 1.55. The van der Waals surface area contributed by atoms with E-state index in [0.29, 0.717) is 0 Å². The first-order valence-corrected chi connectivity index (χ1v) is 2.33. The van der Waals surface area contributed by atoms with Crippen LogP contribution in [0.1, 0.15) is 2.85 Å². The van der Waals surface area contributed by atoms with E-state index in [9.17, 15) is 4.79 Å². The maximum atomic E-state index is 10.3. The molecule has 8 heavy (non-hydrogen) atoms. The molecule has 1 amide bonds. The van der Waals surface area contributed by atoms with Crippen LogP contribution in [0.4, 0.5) is 0 Å². The summed E-state index contributed by atoms with van der Waals surface area (Å²) in [6.45, 7) is 0.0399. The van der Waals surface area contributed by atoms with Crippen LogP contribution < -0.4 is 11.2 Å². The Balaban J connectivity index is -0.000000245. The summed E-state index contributed by atoms with van der Waals surface area (Å²) < 4.78 is 0. The Labute approximate surface area is 51.6 Å². The number of nitrogens with one attached hydrogen (secondary N) is 1. The molecule has 0 radical (unpaired) electrons.